The molecule has 2 aromatic rings. The summed E-state index contributed by atoms with van der Waals surface area (Å²) in [6, 6.07) is 22.2. The van der Waals surface area contributed by atoms with Crippen LogP contribution in [0, 0.1) is 62.9 Å². The molecule has 0 N–H and O–H groups in total. The summed E-state index contributed by atoms with van der Waals surface area (Å²) in [5.74, 6) is 1.56. The third-order valence-electron chi connectivity index (χ3n) is 5.93. The van der Waals surface area contributed by atoms with E-state index in [1.54, 1.807) is 5.92 Å². The molecule has 3 heteroatoms. The van der Waals surface area contributed by atoms with Crippen LogP contribution < -0.4 is 10.6 Å². The molecule has 10 radical (unpaired) electrons. The van der Waals surface area contributed by atoms with E-state index in [0.29, 0.717) is 16.0 Å². The van der Waals surface area contributed by atoms with Crippen LogP contribution in [0.15, 0.2) is 60.7 Å². The summed E-state index contributed by atoms with van der Waals surface area (Å²) in [5, 5.41) is 3.49. The standard InChI is InChI=1S/C27H35P2.C5H5.Fe/c1-21(29(26(2,3)4)27(5,6)7)24-19-14-20-25(24)28(22-15-10-8-11-16-22)23-17-12-9-13-18-23;1-2-4-5-3-1;/h8-21H,1-7H3;1-5H;/t21-;;/m0../s1. The molecule has 0 amide bonds. The second-order valence-corrected chi connectivity index (χ2v) is 17.1. The fourth-order valence-electron chi connectivity index (χ4n) is 5.19. The fourth-order valence-corrected chi connectivity index (χ4v) is 12.7. The molecule has 0 spiro atoms. The molecule has 0 nitrogen and oxygen atoms in total. The first-order chi connectivity index (χ1) is 16.1. The van der Waals surface area contributed by atoms with Crippen LogP contribution in [-0.4, -0.2) is 16.0 Å². The monoisotopic (exact) mass is 542 g/mol. The summed E-state index contributed by atoms with van der Waals surface area (Å²) in [6.45, 7) is 17.1. The van der Waals surface area contributed by atoms with Crippen LogP contribution in [0.2, 0.25) is 0 Å². The van der Waals surface area contributed by atoms with Crippen LogP contribution in [0.25, 0.3) is 0 Å². The molecule has 0 bridgehead atoms. The average molecular weight is 542 g/mol. The van der Waals surface area contributed by atoms with E-state index in [1.807, 2.05) is 32.1 Å². The van der Waals surface area contributed by atoms with Gasteiger partial charge in [0.25, 0.3) is 0 Å². The van der Waals surface area contributed by atoms with Crippen LogP contribution >= 0.6 is 15.8 Å². The quantitative estimate of drug-likeness (QED) is 0.263. The molecule has 0 heterocycles. The van der Waals surface area contributed by atoms with Crippen molar-refractivity contribution in [2.24, 2.45) is 0 Å². The van der Waals surface area contributed by atoms with Crippen molar-refractivity contribution in [3.8, 4) is 0 Å². The van der Waals surface area contributed by atoms with Crippen LogP contribution in [0.1, 0.15) is 48.5 Å². The van der Waals surface area contributed by atoms with Crippen LogP contribution in [-0.2, 0) is 17.1 Å². The molecule has 4 rings (SSSR count). The van der Waals surface area contributed by atoms with Gasteiger partial charge in [0.1, 0.15) is 0 Å². The smallest absolute Gasteiger partial charge is 0.0201 e. The third kappa shape index (κ3) is 8.68. The minimum absolute atomic E-state index is 0. The first kappa shape index (κ1) is 31.0. The predicted octanol–water partition coefficient (Wildman–Crippen LogP) is 8.34. The summed E-state index contributed by atoms with van der Waals surface area (Å²) in [5.41, 5.74) is 2.10. The van der Waals surface area contributed by atoms with Gasteiger partial charge in [-0.2, -0.15) is 0 Å². The minimum atomic E-state index is -0.548. The second-order valence-electron chi connectivity index (χ2n) is 10.7. The van der Waals surface area contributed by atoms with Crippen molar-refractivity contribution in [3.63, 3.8) is 0 Å². The van der Waals surface area contributed by atoms with Crippen molar-refractivity contribution >= 4 is 26.5 Å². The molecule has 1 atom stereocenters. The Kier molecular flexibility index (Phi) is 12.5. The minimum Gasteiger partial charge on any atom is -0.0921 e. The van der Waals surface area contributed by atoms with Gasteiger partial charge in [-0.25, -0.2) is 0 Å². The normalized spacial score (nSPS) is 18.3. The SMILES string of the molecule is C[C@@H]([C]1[CH][CH][CH][C]1P(c1ccccc1)c1ccccc1)P(C(C)(C)C)C(C)(C)C.[CH]1[CH][CH][CH][CH]1.[Fe]. The number of hydrogen-bond acceptors (Lipinski definition) is 0. The Morgan fingerprint density at radius 2 is 0.971 bits per heavy atom. The van der Waals surface area contributed by atoms with E-state index >= 15 is 0 Å². The molecular formula is C32H40FeP2. The van der Waals surface area contributed by atoms with Gasteiger partial charge in [-0.1, -0.05) is 117 Å². The second kappa shape index (κ2) is 14.1. The van der Waals surface area contributed by atoms with Gasteiger partial charge in [0, 0.05) is 22.7 Å². The maximum atomic E-state index is 2.48. The zero-order valence-electron chi connectivity index (χ0n) is 22.2. The van der Waals surface area contributed by atoms with Gasteiger partial charge in [-0.05, 0) is 91.8 Å². The van der Waals surface area contributed by atoms with Gasteiger partial charge in [-0.3, -0.25) is 0 Å². The van der Waals surface area contributed by atoms with E-state index in [2.05, 4.69) is 128 Å². The van der Waals surface area contributed by atoms with E-state index in [9.17, 15) is 0 Å². The third-order valence-corrected chi connectivity index (χ3v) is 12.4. The molecule has 2 fully saturated rings. The maximum Gasteiger partial charge on any atom is 0.0201 e. The molecule has 2 aliphatic rings. The van der Waals surface area contributed by atoms with Crippen LogP contribution in [0.3, 0.4) is 0 Å². The first-order valence-electron chi connectivity index (χ1n) is 12.2. The van der Waals surface area contributed by atoms with Gasteiger partial charge < -0.3 is 0 Å². The van der Waals surface area contributed by atoms with E-state index in [-0.39, 0.29) is 25.0 Å². The predicted molar refractivity (Wildman–Crippen MR) is 156 cm³/mol. The summed E-state index contributed by atoms with van der Waals surface area (Å²) in [4.78, 5) is 0. The molecular weight excluding hydrogens is 502 g/mol. The molecule has 0 aromatic heterocycles. The summed E-state index contributed by atoms with van der Waals surface area (Å²) >= 11 is 0. The van der Waals surface area contributed by atoms with Crippen molar-refractivity contribution in [3.05, 3.63) is 124 Å². The van der Waals surface area contributed by atoms with Gasteiger partial charge in [-0.15, -0.1) is 0 Å². The molecule has 2 aromatic carbocycles. The van der Waals surface area contributed by atoms with Gasteiger partial charge in [0.2, 0.25) is 0 Å². The number of rotatable bonds is 5. The Morgan fingerprint density at radius 3 is 1.34 bits per heavy atom. The largest absolute Gasteiger partial charge is 0.0921 e. The van der Waals surface area contributed by atoms with Gasteiger partial charge in [0.05, 0.1) is 0 Å². The van der Waals surface area contributed by atoms with Gasteiger partial charge >= 0.3 is 0 Å². The van der Waals surface area contributed by atoms with E-state index < -0.39 is 7.92 Å². The molecule has 2 saturated carbocycles. The van der Waals surface area contributed by atoms with Gasteiger partial charge in [0.15, 0.2) is 0 Å². The number of benzene rings is 2. The molecule has 35 heavy (non-hydrogen) atoms. The Hall–Kier alpha value is -0.181. The molecule has 186 valence electrons. The van der Waals surface area contributed by atoms with E-state index in [1.165, 1.54) is 16.3 Å². The average Bonchev–Trinajstić information content (AvgIpc) is 3.49. The zero-order chi connectivity index (χ0) is 24.8. The van der Waals surface area contributed by atoms with Crippen LogP contribution in [0.5, 0.6) is 0 Å². The maximum absolute atomic E-state index is 2.48. The molecule has 0 unspecified atom stereocenters. The Morgan fingerprint density at radius 1 is 0.571 bits per heavy atom. The molecule has 0 aliphatic heterocycles. The van der Waals surface area contributed by atoms with Crippen LogP contribution in [0.4, 0.5) is 0 Å². The van der Waals surface area contributed by atoms with Crippen molar-refractivity contribution in [2.75, 3.05) is 0 Å². The van der Waals surface area contributed by atoms with Crippen molar-refractivity contribution in [2.45, 2.75) is 64.4 Å². The van der Waals surface area contributed by atoms with Crippen molar-refractivity contribution < 1.29 is 17.1 Å². The fraction of sp³-hybridized carbons (Fsp3) is 0.312. The van der Waals surface area contributed by atoms with E-state index in [4.69, 9.17) is 0 Å². The first-order valence-corrected chi connectivity index (χ1v) is 15.0. The Bertz CT molecular complexity index is 772. The molecule has 2 aliphatic carbocycles. The summed E-state index contributed by atoms with van der Waals surface area (Å²) in [7, 11) is -0.771. The Balaban J connectivity index is 0.000000640. The summed E-state index contributed by atoms with van der Waals surface area (Å²) < 4.78 is 0. The zero-order valence-corrected chi connectivity index (χ0v) is 25.1. The topological polar surface area (TPSA) is 0 Å². The summed E-state index contributed by atoms with van der Waals surface area (Å²) in [6.07, 6.45) is 17.1. The Labute approximate surface area is 230 Å². The van der Waals surface area contributed by atoms with Crippen molar-refractivity contribution in [1.29, 1.82) is 0 Å². The van der Waals surface area contributed by atoms with Crippen molar-refractivity contribution in [1.82, 2.24) is 0 Å². The molecule has 0 saturated heterocycles. The van der Waals surface area contributed by atoms with E-state index in [0.717, 1.165) is 0 Å². The number of hydrogen-bond donors (Lipinski definition) is 0.